The van der Waals surface area contributed by atoms with Crippen molar-refractivity contribution in [2.24, 2.45) is 11.3 Å². The van der Waals surface area contributed by atoms with E-state index in [0.29, 0.717) is 12.5 Å². The summed E-state index contributed by atoms with van der Waals surface area (Å²) in [5.74, 6) is 0.708. The van der Waals surface area contributed by atoms with Gasteiger partial charge in [0.2, 0.25) is 0 Å². The maximum Gasteiger partial charge on any atom is 0.0503 e. The summed E-state index contributed by atoms with van der Waals surface area (Å²) < 4.78 is 5.24. The van der Waals surface area contributed by atoms with Crippen molar-refractivity contribution in [2.75, 3.05) is 40.0 Å². The van der Waals surface area contributed by atoms with Gasteiger partial charge in [-0.15, -0.1) is 0 Å². The summed E-state index contributed by atoms with van der Waals surface area (Å²) in [5.41, 5.74) is 0.209. The van der Waals surface area contributed by atoms with Crippen LogP contribution < -0.4 is 0 Å². The van der Waals surface area contributed by atoms with Gasteiger partial charge in [0, 0.05) is 32.2 Å². The number of aliphatic hydroxyl groups is 1. The number of aliphatic hydroxyl groups excluding tert-OH is 1. The average molecular weight is 241 g/mol. The summed E-state index contributed by atoms with van der Waals surface area (Å²) >= 11 is 0. The van der Waals surface area contributed by atoms with Crippen LogP contribution in [0.5, 0.6) is 0 Å². The van der Waals surface area contributed by atoms with E-state index in [9.17, 15) is 5.11 Å². The largest absolute Gasteiger partial charge is 0.396 e. The van der Waals surface area contributed by atoms with E-state index in [1.54, 1.807) is 7.11 Å². The molecule has 2 fully saturated rings. The zero-order valence-electron chi connectivity index (χ0n) is 11.2. The standard InChI is InChI=1S/C14H27NO2/c1-17-10-13-5-8-15(9-13)11-14(12-16)6-3-2-4-7-14/h13,16H,2-12H2,1H3. The van der Waals surface area contributed by atoms with Crippen LogP contribution in [0.25, 0.3) is 0 Å². The molecule has 0 bridgehead atoms. The smallest absolute Gasteiger partial charge is 0.0503 e. The van der Waals surface area contributed by atoms with Crippen LogP contribution in [-0.4, -0.2) is 50.0 Å². The van der Waals surface area contributed by atoms with Gasteiger partial charge in [-0.25, -0.2) is 0 Å². The van der Waals surface area contributed by atoms with Crippen LogP contribution in [-0.2, 0) is 4.74 Å². The quantitative estimate of drug-likeness (QED) is 0.798. The maximum absolute atomic E-state index is 9.72. The minimum absolute atomic E-state index is 0.209. The summed E-state index contributed by atoms with van der Waals surface area (Å²) in [5, 5.41) is 9.72. The number of rotatable bonds is 5. The zero-order chi connectivity index (χ0) is 12.1. The minimum Gasteiger partial charge on any atom is -0.396 e. The van der Waals surface area contributed by atoms with Gasteiger partial charge >= 0.3 is 0 Å². The van der Waals surface area contributed by atoms with E-state index in [1.807, 2.05) is 0 Å². The Labute approximate surface area is 105 Å². The molecule has 2 aliphatic rings. The molecule has 1 unspecified atom stereocenters. The van der Waals surface area contributed by atoms with Gasteiger partial charge in [-0.1, -0.05) is 19.3 Å². The van der Waals surface area contributed by atoms with E-state index in [-0.39, 0.29) is 5.41 Å². The van der Waals surface area contributed by atoms with Crippen molar-refractivity contribution in [3.05, 3.63) is 0 Å². The highest BCUT2D eigenvalue weighted by Crippen LogP contribution is 2.37. The van der Waals surface area contributed by atoms with E-state index < -0.39 is 0 Å². The van der Waals surface area contributed by atoms with Crippen molar-refractivity contribution < 1.29 is 9.84 Å². The average Bonchev–Trinajstić information content (AvgIpc) is 2.78. The van der Waals surface area contributed by atoms with Gasteiger partial charge in [-0.3, -0.25) is 0 Å². The van der Waals surface area contributed by atoms with Crippen LogP contribution in [0.2, 0.25) is 0 Å². The Balaban J connectivity index is 1.83. The second kappa shape index (κ2) is 6.17. The zero-order valence-corrected chi connectivity index (χ0v) is 11.2. The number of nitrogens with zero attached hydrogens (tertiary/aromatic N) is 1. The monoisotopic (exact) mass is 241 g/mol. The lowest BCUT2D eigenvalue weighted by molar-refractivity contribution is 0.0451. The second-order valence-corrected chi connectivity index (χ2v) is 6.06. The van der Waals surface area contributed by atoms with E-state index in [2.05, 4.69) is 4.90 Å². The van der Waals surface area contributed by atoms with Crippen LogP contribution in [0, 0.1) is 11.3 Å². The predicted molar refractivity (Wildman–Crippen MR) is 69.0 cm³/mol. The van der Waals surface area contributed by atoms with Gasteiger partial charge in [0.25, 0.3) is 0 Å². The summed E-state index contributed by atoms with van der Waals surface area (Å²) in [6, 6.07) is 0. The van der Waals surface area contributed by atoms with Gasteiger partial charge in [0.05, 0.1) is 6.61 Å². The first-order valence-electron chi connectivity index (χ1n) is 7.10. The van der Waals surface area contributed by atoms with E-state index in [1.165, 1.54) is 45.1 Å². The normalized spacial score (nSPS) is 29.6. The summed E-state index contributed by atoms with van der Waals surface area (Å²) in [7, 11) is 1.79. The van der Waals surface area contributed by atoms with E-state index in [0.717, 1.165) is 19.7 Å². The van der Waals surface area contributed by atoms with Crippen molar-refractivity contribution in [3.8, 4) is 0 Å². The van der Waals surface area contributed by atoms with Gasteiger partial charge in [0.15, 0.2) is 0 Å². The van der Waals surface area contributed by atoms with Crippen molar-refractivity contribution >= 4 is 0 Å². The molecule has 0 aromatic rings. The Morgan fingerprint density at radius 1 is 1.29 bits per heavy atom. The third-order valence-corrected chi connectivity index (χ3v) is 4.58. The molecular weight excluding hydrogens is 214 g/mol. The van der Waals surface area contributed by atoms with Gasteiger partial charge in [-0.05, 0) is 31.7 Å². The predicted octanol–water partition coefficient (Wildman–Crippen LogP) is 1.90. The number of likely N-dealkylation sites (tertiary alicyclic amines) is 1. The molecule has 3 nitrogen and oxygen atoms in total. The summed E-state index contributed by atoms with van der Waals surface area (Å²) in [6.45, 7) is 4.72. The minimum atomic E-state index is 0.209. The first-order valence-corrected chi connectivity index (χ1v) is 7.10. The molecule has 2 rings (SSSR count). The van der Waals surface area contributed by atoms with Crippen LogP contribution in [0.3, 0.4) is 0 Å². The number of hydrogen-bond donors (Lipinski definition) is 1. The summed E-state index contributed by atoms with van der Waals surface area (Å²) in [6.07, 6.45) is 7.65. The Morgan fingerprint density at radius 3 is 2.71 bits per heavy atom. The summed E-state index contributed by atoms with van der Waals surface area (Å²) in [4.78, 5) is 2.55. The molecule has 17 heavy (non-hydrogen) atoms. The number of hydrogen-bond acceptors (Lipinski definition) is 3. The molecule has 1 saturated carbocycles. The molecule has 0 aromatic heterocycles. The van der Waals surface area contributed by atoms with Crippen molar-refractivity contribution in [3.63, 3.8) is 0 Å². The molecule has 0 spiro atoms. The lowest BCUT2D eigenvalue weighted by atomic mass is 9.74. The third-order valence-electron chi connectivity index (χ3n) is 4.58. The molecule has 1 aliphatic carbocycles. The highest BCUT2D eigenvalue weighted by molar-refractivity contribution is 4.88. The van der Waals surface area contributed by atoms with Crippen LogP contribution in [0.1, 0.15) is 38.5 Å². The van der Waals surface area contributed by atoms with Crippen LogP contribution >= 0.6 is 0 Å². The van der Waals surface area contributed by atoms with Crippen LogP contribution in [0.15, 0.2) is 0 Å². The molecular formula is C14H27NO2. The molecule has 1 aliphatic heterocycles. The topological polar surface area (TPSA) is 32.7 Å². The lowest BCUT2D eigenvalue weighted by Gasteiger charge is -2.38. The Bertz CT molecular complexity index is 226. The van der Waals surface area contributed by atoms with Crippen molar-refractivity contribution in [2.45, 2.75) is 38.5 Å². The van der Waals surface area contributed by atoms with Crippen molar-refractivity contribution in [1.82, 2.24) is 4.90 Å². The van der Waals surface area contributed by atoms with Gasteiger partial charge < -0.3 is 14.7 Å². The molecule has 3 heteroatoms. The molecule has 0 radical (unpaired) electrons. The van der Waals surface area contributed by atoms with E-state index in [4.69, 9.17) is 4.74 Å². The lowest BCUT2D eigenvalue weighted by Crippen LogP contribution is -2.40. The Morgan fingerprint density at radius 2 is 2.06 bits per heavy atom. The van der Waals surface area contributed by atoms with Gasteiger partial charge in [0.1, 0.15) is 0 Å². The van der Waals surface area contributed by atoms with Crippen LogP contribution in [0.4, 0.5) is 0 Å². The molecule has 0 amide bonds. The number of ether oxygens (including phenoxy) is 1. The first-order chi connectivity index (χ1) is 8.28. The molecule has 1 N–H and O–H groups in total. The highest BCUT2D eigenvalue weighted by atomic mass is 16.5. The second-order valence-electron chi connectivity index (χ2n) is 6.06. The van der Waals surface area contributed by atoms with Crippen molar-refractivity contribution in [1.29, 1.82) is 0 Å². The SMILES string of the molecule is COCC1CCN(CC2(CO)CCCCC2)C1. The Hall–Kier alpha value is -0.120. The maximum atomic E-state index is 9.72. The third kappa shape index (κ3) is 3.43. The van der Waals surface area contributed by atoms with Gasteiger partial charge in [-0.2, -0.15) is 0 Å². The fourth-order valence-electron chi connectivity index (χ4n) is 3.57. The fourth-order valence-corrected chi connectivity index (χ4v) is 3.57. The highest BCUT2D eigenvalue weighted by Gasteiger charge is 2.35. The molecule has 1 atom stereocenters. The molecule has 0 aromatic carbocycles. The molecule has 1 saturated heterocycles. The molecule has 1 heterocycles. The fraction of sp³-hybridized carbons (Fsp3) is 1.00. The Kier molecular flexibility index (Phi) is 4.83. The molecule has 100 valence electrons. The number of methoxy groups -OCH3 is 1. The van der Waals surface area contributed by atoms with E-state index >= 15 is 0 Å². The first kappa shape index (κ1) is 13.3.